The van der Waals surface area contributed by atoms with Crippen molar-refractivity contribution in [3.63, 3.8) is 0 Å². The van der Waals surface area contributed by atoms with Gasteiger partial charge in [0.15, 0.2) is 0 Å². The zero-order chi connectivity index (χ0) is 22.5. The van der Waals surface area contributed by atoms with Crippen LogP contribution in [-0.4, -0.2) is 36.8 Å². The zero-order valence-corrected chi connectivity index (χ0v) is 20.4. The number of aliphatic hydroxyl groups is 1. The molecule has 5 nitrogen and oxygen atoms in total. The predicted octanol–water partition coefficient (Wildman–Crippen LogP) is 4.51. The van der Waals surface area contributed by atoms with Crippen molar-refractivity contribution in [3.05, 3.63) is 65.7 Å². The highest BCUT2D eigenvalue weighted by atomic mass is 35.5. The Bertz CT molecular complexity index is 773. The molecule has 1 amide bonds. The maximum Gasteiger partial charge on any atom is 0.223 e. The molecule has 0 aromatic heterocycles. The smallest absolute Gasteiger partial charge is 0.223 e. The van der Waals surface area contributed by atoms with E-state index < -0.39 is 6.10 Å². The lowest BCUT2D eigenvalue weighted by atomic mass is 9.96. The van der Waals surface area contributed by atoms with Gasteiger partial charge in [-0.2, -0.15) is 0 Å². The van der Waals surface area contributed by atoms with Crippen molar-refractivity contribution in [1.29, 1.82) is 0 Å². The minimum absolute atomic E-state index is 0. The number of halogens is 1. The van der Waals surface area contributed by atoms with E-state index >= 15 is 0 Å². The Morgan fingerprint density at radius 3 is 2.44 bits per heavy atom. The summed E-state index contributed by atoms with van der Waals surface area (Å²) in [6, 6.07) is 17.5. The number of aliphatic hydroxyl groups excluding tert-OH is 1. The lowest BCUT2D eigenvalue weighted by Gasteiger charge is -2.27. The molecular weight excluding hydrogens is 424 g/mol. The van der Waals surface area contributed by atoms with Gasteiger partial charge in [0.2, 0.25) is 5.91 Å². The average molecular weight is 463 g/mol. The Balaban J connectivity index is 0.00000512. The molecule has 0 radical (unpaired) electrons. The number of carbonyl (C=O) groups excluding carboxylic acids is 1. The first kappa shape index (κ1) is 28.0. The van der Waals surface area contributed by atoms with Crippen molar-refractivity contribution in [2.75, 3.05) is 13.7 Å². The predicted molar refractivity (Wildman–Crippen MR) is 133 cm³/mol. The summed E-state index contributed by atoms with van der Waals surface area (Å²) >= 11 is 0. The summed E-state index contributed by atoms with van der Waals surface area (Å²) in [5, 5.41) is 17.4. The Morgan fingerprint density at radius 2 is 1.78 bits per heavy atom. The van der Waals surface area contributed by atoms with E-state index in [0.717, 1.165) is 42.6 Å². The second-order valence-electron chi connectivity index (χ2n) is 8.10. The van der Waals surface area contributed by atoms with Gasteiger partial charge in [-0.15, -0.1) is 12.4 Å². The van der Waals surface area contributed by atoms with E-state index in [1.54, 1.807) is 7.11 Å². The first-order valence-electron chi connectivity index (χ1n) is 11.4. The van der Waals surface area contributed by atoms with Crippen LogP contribution in [0.25, 0.3) is 0 Å². The Morgan fingerprint density at radius 1 is 1.06 bits per heavy atom. The van der Waals surface area contributed by atoms with Gasteiger partial charge in [0, 0.05) is 19.0 Å². The van der Waals surface area contributed by atoms with Crippen LogP contribution >= 0.6 is 12.4 Å². The molecule has 0 aliphatic carbocycles. The van der Waals surface area contributed by atoms with Gasteiger partial charge >= 0.3 is 0 Å². The summed E-state index contributed by atoms with van der Waals surface area (Å²) in [5.41, 5.74) is 2.18. The number of unbranched alkanes of at least 4 members (excludes halogenated alkanes) is 1. The van der Waals surface area contributed by atoms with Gasteiger partial charge in [0.1, 0.15) is 5.75 Å². The molecule has 178 valence electrons. The molecule has 3 N–H and O–H groups in total. The fraction of sp³-hybridized carbons (Fsp3) is 0.500. The topological polar surface area (TPSA) is 70.6 Å². The van der Waals surface area contributed by atoms with Crippen molar-refractivity contribution >= 4 is 18.3 Å². The minimum atomic E-state index is -0.696. The minimum Gasteiger partial charge on any atom is -0.497 e. The number of benzene rings is 2. The van der Waals surface area contributed by atoms with E-state index in [0.29, 0.717) is 19.5 Å². The van der Waals surface area contributed by atoms with E-state index in [-0.39, 0.29) is 30.3 Å². The molecule has 0 bridgehead atoms. The van der Waals surface area contributed by atoms with Gasteiger partial charge in [0.05, 0.1) is 19.3 Å². The molecule has 0 saturated heterocycles. The monoisotopic (exact) mass is 462 g/mol. The molecule has 0 aliphatic rings. The molecule has 0 spiro atoms. The third kappa shape index (κ3) is 9.60. The van der Waals surface area contributed by atoms with E-state index in [2.05, 4.69) is 24.5 Å². The van der Waals surface area contributed by atoms with Crippen LogP contribution in [0.5, 0.6) is 5.75 Å². The maximum absolute atomic E-state index is 12.9. The number of hydrogen-bond donors (Lipinski definition) is 3. The van der Waals surface area contributed by atoms with Gasteiger partial charge in [-0.25, -0.2) is 0 Å². The summed E-state index contributed by atoms with van der Waals surface area (Å²) < 4.78 is 5.27. The highest BCUT2D eigenvalue weighted by Gasteiger charge is 2.25. The molecule has 32 heavy (non-hydrogen) atoms. The van der Waals surface area contributed by atoms with E-state index in [1.165, 1.54) is 0 Å². The van der Waals surface area contributed by atoms with Crippen molar-refractivity contribution in [3.8, 4) is 5.75 Å². The average Bonchev–Trinajstić information content (AvgIpc) is 2.80. The standard InChI is InChI=1S/C26H38N2O3.ClH/c1-4-6-14-22(5-2)26(30)28-24(17-20-11-8-7-9-12-20)25(29)19-27-18-21-13-10-15-23(16-21)31-3;/h7-13,15-16,22,24-25,27,29H,4-6,14,17-19H2,1-3H3,(H,28,30);1H/t22?,24-,25-;/m0./s1. The summed E-state index contributed by atoms with van der Waals surface area (Å²) in [7, 11) is 1.65. The van der Waals surface area contributed by atoms with Crippen molar-refractivity contribution in [2.24, 2.45) is 5.92 Å². The third-order valence-electron chi connectivity index (χ3n) is 5.68. The summed E-state index contributed by atoms with van der Waals surface area (Å²) in [6.07, 6.45) is 3.72. The van der Waals surface area contributed by atoms with Gasteiger partial charge in [-0.05, 0) is 42.5 Å². The van der Waals surface area contributed by atoms with Crippen molar-refractivity contribution in [2.45, 2.75) is 64.6 Å². The van der Waals surface area contributed by atoms with Gasteiger partial charge < -0.3 is 20.5 Å². The molecule has 0 fully saturated rings. The summed E-state index contributed by atoms with van der Waals surface area (Å²) in [5.74, 6) is 0.852. The SMILES string of the molecule is CCCCC(CC)C(=O)N[C@@H](Cc1ccccc1)[C@@H](O)CNCc1cccc(OC)c1.Cl. The zero-order valence-electron chi connectivity index (χ0n) is 19.5. The molecule has 0 heterocycles. The lowest BCUT2D eigenvalue weighted by Crippen LogP contribution is -2.50. The van der Waals surface area contributed by atoms with Crippen molar-refractivity contribution in [1.82, 2.24) is 10.6 Å². The molecule has 2 aromatic carbocycles. The molecule has 2 aromatic rings. The Labute approximate surface area is 199 Å². The van der Waals surface area contributed by atoms with Gasteiger partial charge in [0.25, 0.3) is 0 Å². The Kier molecular flexibility index (Phi) is 13.7. The highest BCUT2D eigenvalue weighted by molar-refractivity contribution is 5.85. The van der Waals surface area contributed by atoms with Crippen molar-refractivity contribution < 1.29 is 14.6 Å². The second kappa shape index (κ2) is 15.7. The number of nitrogens with one attached hydrogen (secondary N) is 2. The van der Waals surface area contributed by atoms with Crippen LogP contribution < -0.4 is 15.4 Å². The molecule has 6 heteroatoms. The molecule has 0 saturated carbocycles. The lowest BCUT2D eigenvalue weighted by molar-refractivity contribution is -0.127. The van der Waals surface area contributed by atoms with Gasteiger partial charge in [-0.1, -0.05) is 69.2 Å². The third-order valence-corrected chi connectivity index (χ3v) is 5.68. The second-order valence-corrected chi connectivity index (χ2v) is 8.10. The maximum atomic E-state index is 12.9. The number of hydrogen-bond acceptors (Lipinski definition) is 4. The van der Waals surface area contributed by atoms with Crippen LogP contribution in [0.3, 0.4) is 0 Å². The molecular formula is C26H39ClN2O3. The normalized spacial score (nSPS) is 13.5. The van der Waals surface area contributed by atoms with E-state index in [4.69, 9.17) is 4.74 Å². The van der Waals surface area contributed by atoms with Crippen LogP contribution in [0.4, 0.5) is 0 Å². The number of carbonyl (C=O) groups is 1. The van der Waals surface area contributed by atoms with Crippen LogP contribution in [0.2, 0.25) is 0 Å². The molecule has 2 rings (SSSR count). The van der Waals surface area contributed by atoms with Gasteiger partial charge in [-0.3, -0.25) is 4.79 Å². The first-order valence-corrected chi connectivity index (χ1v) is 11.4. The molecule has 1 unspecified atom stereocenters. The van der Waals surface area contributed by atoms with Crippen LogP contribution in [0.1, 0.15) is 50.7 Å². The van der Waals surface area contributed by atoms with E-state index in [1.807, 2.05) is 54.6 Å². The fourth-order valence-electron chi connectivity index (χ4n) is 3.71. The quantitative estimate of drug-likeness (QED) is 0.386. The summed E-state index contributed by atoms with van der Waals surface area (Å²) in [6.45, 7) is 5.20. The molecule has 3 atom stereocenters. The number of amides is 1. The van der Waals surface area contributed by atoms with Crippen LogP contribution in [0, 0.1) is 5.92 Å². The largest absolute Gasteiger partial charge is 0.497 e. The van der Waals surface area contributed by atoms with E-state index in [9.17, 15) is 9.90 Å². The highest BCUT2D eigenvalue weighted by Crippen LogP contribution is 2.15. The number of rotatable bonds is 14. The number of methoxy groups -OCH3 is 1. The first-order chi connectivity index (χ1) is 15.1. The Hall–Kier alpha value is -2.08. The molecule has 0 aliphatic heterocycles. The summed E-state index contributed by atoms with van der Waals surface area (Å²) in [4.78, 5) is 12.9. The number of ether oxygens (including phenoxy) is 1. The fourth-order valence-corrected chi connectivity index (χ4v) is 3.71. The van der Waals surface area contributed by atoms with Crippen LogP contribution in [0.15, 0.2) is 54.6 Å². The van der Waals surface area contributed by atoms with Crippen LogP contribution in [-0.2, 0) is 17.8 Å².